The third-order valence-corrected chi connectivity index (χ3v) is 11.6. The van der Waals surface area contributed by atoms with E-state index in [0.717, 1.165) is 126 Å². The first-order valence-electron chi connectivity index (χ1n) is 19.7. The minimum Gasteiger partial charge on any atom is -0.485 e. The molecular formula is C46H44N4O6. The Morgan fingerprint density at radius 2 is 1.16 bits per heavy atom. The van der Waals surface area contributed by atoms with Gasteiger partial charge in [-0.05, 0) is 60.4 Å². The van der Waals surface area contributed by atoms with Crippen molar-refractivity contribution in [3.8, 4) is 11.5 Å². The number of nitrogens with one attached hydrogen (secondary N) is 2. The van der Waals surface area contributed by atoms with Crippen LogP contribution in [0.15, 0.2) is 84.9 Å². The zero-order valence-corrected chi connectivity index (χ0v) is 31.3. The van der Waals surface area contributed by atoms with Gasteiger partial charge in [-0.25, -0.2) is 0 Å². The molecule has 0 amide bonds. The summed E-state index contributed by atoms with van der Waals surface area (Å²) >= 11 is 0. The SMILES string of the molecule is O=C1CCc2cc(OCC(=O)c3c4n(c5ccccc35)CCNCC4)ccc21.O=C1CCc2cccc(OCC(=O)c3c4n(c5ccccc35)CCNCC4)c21. The van der Waals surface area contributed by atoms with Crippen LogP contribution in [0.3, 0.4) is 0 Å². The summed E-state index contributed by atoms with van der Waals surface area (Å²) in [5.41, 5.74) is 9.41. The third-order valence-electron chi connectivity index (χ3n) is 11.6. The fourth-order valence-electron chi connectivity index (χ4n) is 8.96. The van der Waals surface area contributed by atoms with Crippen molar-refractivity contribution in [1.82, 2.24) is 19.8 Å². The smallest absolute Gasteiger partial charge is 0.202 e. The quantitative estimate of drug-likeness (QED) is 0.173. The number of rotatable bonds is 8. The van der Waals surface area contributed by atoms with E-state index in [2.05, 4.69) is 31.9 Å². The van der Waals surface area contributed by atoms with E-state index in [9.17, 15) is 19.2 Å². The molecule has 56 heavy (non-hydrogen) atoms. The number of benzene rings is 4. The van der Waals surface area contributed by atoms with Gasteiger partial charge in [0, 0.05) is 104 Å². The maximum atomic E-state index is 13.2. The lowest BCUT2D eigenvalue weighted by Crippen LogP contribution is -2.18. The highest BCUT2D eigenvalue weighted by molar-refractivity contribution is 6.11. The molecule has 2 aromatic heterocycles. The molecule has 4 heterocycles. The van der Waals surface area contributed by atoms with Crippen LogP contribution in [0.1, 0.15) is 76.8 Å². The molecule has 0 atom stereocenters. The van der Waals surface area contributed by atoms with Crippen LogP contribution in [-0.4, -0.2) is 71.7 Å². The molecule has 0 saturated carbocycles. The maximum Gasteiger partial charge on any atom is 0.202 e. The average Bonchev–Trinajstić information content (AvgIpc) is 3.85. The Balaban J connectivity index is 0.000000146. The molecule has 0 radical (unpaired) electrons. The monoisotopic (exact) mass is 748 g/mol. The standard InChI is InChI=1S/2C23H22N2O3/c26-19-9-8-15-4-3-7-21(22(15)19)28-14-20(27)23-16-5-1-2-6-17(16)25-13-12-24-11-10-18(23)25;26-21-8-5-15-13-16(6-7-17(15)21)28-14-22(27)23-18-3-1-2-4-19(18)25-12-11-24-10-9-20(23)25/h1-7,24H,8-14H2;1-4,6-7,13,24H,5,8-12,14H2. The summed E-state index contributed by atoms with van der Waals surface area (Å²) in [6, 6.07) is 27.3. The highest BCUT2D eigenvalue weighted by Crippen LogP contribution is 2.33. The molecular weight excluding hydrogens is 705 g/mol. The lowest BCUT2D eigenvalue weighted by atomic mass is 10.0. The molecule has 10 nitrogen and oxygen atoms in total. The van der Waals surface area contributed by atoms with Crippen molar-refractivity contribution in [1.29, 1.82) is 0 Å². The largest absolute Gasteiger partial charge is 0.485 e. The van der Waals surface area contributed by atoms with Crippen molar-refractivity contribution in [2.45, 2.75) is 51.6 Å². The van der Waals surface area contributed by atoms with Crippen molar-refractivity contribution >= 4 is 44.9 Å². The summed E-state index contributed by atoms with van der Waals surface area (Å²) in [6.07, 6.45) is 4.24. The number of ether oxygens (including phenoxy) is 2. The van der Waals surface area contributed by atoms with E-state index >= 15 is 0 Å². The van der Waals surface area contributed by atoms with Gasteiger partial charge in [0.15, 0.2) is 24.8 Å². The van der Waals surface area contributed by atoms with Crippen LogP contribution in [-0.2, 0) is 38.8 Å². The Labute approximate surface area is 324 Å². The molecule has 4 aromatic carbocycles. The second-order valence-electron chi connectivity index (χ2n) is 14.9. The summed E-state index contributed by atoms with van der Waals surface area (Å²) in [5, 5.41) is 8.80. The number of nitrogens with zero attached hydrogens (tertiary/aromatic N) is 2. The lowest BCUT2D eigenvalue weighted by molar-refractivity contribution is 0.0911. The van der Waals surface area contributed by atoms with E-state index in [1.165, 1.54) is 0 Å². The Kier molecular flexibility index (Phi) is 9.83. The third kappa shape index (κ3) is 6.62. The molecule has 2 aliphatic heterocycles. The number of aromatic nitrogens is 2. The van der Waals surface area contributed by atoms with Crippen LogP contribution in [0, 0.1) is 0 Å². The summed E-state index contributed by atoms with van der Waals surface area (Å²) in [4.78, 5) is 50.3. The number of carbonyl (C=O) groups is 4. The van der Waals surface area contributed by atoms with E-state index in [1.54, 1.807) is 12.1 Å². The van der Waals surface area contributed by atoms with E-state index in [4.69, 9.17) is 9.47 Å². The number of Topliss-reactive ketones (excluding diaryl/α,β-unsaturated/α-hetero) is 4. The Morgan fingerprint density at radius 3 is 1.82 bits per heavy atom. The van der Waals surface area contributed by atoms with Crippen LogP contribution < -0.4 is 20.1 Å². The summed E-state index contributed by atoms with van der Waals surface area (Å²) in [7, 11) is 0. The summed E-state index contributed by atoms with van der Waals surface area (Å²) < 4.78 is 16.2. The van der Waals surface area contributed by atoms with Crippen molar-refractivity contribution in [3.63, 3.8) is 0 Å². The second-order valence-corrected chi connectivity index (χ2v) is 14.9. The zero-order valence-electron chi connectivity index (χ0n) is 31.3. The molecule has 0 unspecified atom stereocenters. The molecule has 10 heteroatoms. The van der Waals surface area contributed by atoms with Gasteiger partial charge in [-0.1, -0.05) is 48.5 Å². The van der Waals surface area contributed by atoms with E-state index in [-0.39, 0.29) is 36.3 Å². The van der Waals surface area contributed by atoms with Crippen LogP contribution in [0.5, 0.6) is 11.5 Å². The van der Waals surface area contributed by atoms with Crippen molar-refractivity contribution in [2.24, 2.45) is 0 Å². The van der Waals surface area contributed by atoms with Gasteiger partial charge in [0.05, 0.1) is 16.7 Å². The topological polar surface area (TPSA) is 121 Å². The van der Waals surface area contributed by atoms with Gasteiger partial charge in [-0.15, -0.1) is 0 Å². The van der Waals surface area contributed by atoms with Gasteiger partial charge in [0.25, 0.3) is 0 Å². The number of fused-ring (bicyclic) bond motifs is 8. The van der Waals surface area contributed by atoms with E-state index in [0.29, 0.717) is 29.9 Å². The molecule has 284 valence electrons. The van der Waals surface area contributed by atoms with Gasteiger partial charge in [-0.3, -0.25) is 19.2 Å². The number of hydrogen-bond donors (Lipinski definition) is 2. The van der Waals surface area contributed by atoms with Crippen LogP contribution in [0.2, 0.25) is 0 Å². The molecule has 10 rings (SSSR count). The molecule has 6 aromatic rings. The van der Waals surface area contributed by atoms with Crippen molar-refractivity contribution in [3.05, 3.63) is 130 Å². The fraction of sp³-hybridized carbons (Fsp3) is 0.304. The lowest BCUT2D eigenvalue weighted by Gasteiger charge is -2.11. The highest BCUT2D eigenvalue weighted by atomic mass is 16.5. The Hall–Kier alpha value is -5.84. The first-order valence-corrected chi connectivity index (χ1v) is 19.7. The normalized spacial score (nSPS) is 15.9. The maximum absolute atomic E-state index is 13.2. The van der Waals surface area contributed by atoms with Gasteiger partial charge in [0.1, 0.15) is 11.5 Å². The highest BCUT2D eigenvalue weighted by Gasteiger charge is 2.27. The van der Waals surface area contributed by atoms with Crippen molar-refractivity contribution in [2.75, 3.05) is 39.4 Å². The molecule has 4 aliphatic rings. The predicted octanol–water partition coefficient (Wildman–Crippen LogP) is 6.36. The fourth-order valence-corrected chi connectivity index (χ4v) is 8.96. The molecule has 2 N–H and O–H groups in total. The Morgan fingerprint density at radius 1 is 0.571 bits per heavy atom. The number of hydrogen-bond acceptors (Lipinski definition) is 8. The number of para-hydroxylation sites is 2. The molecule has 0 saturated heterocycles. The molecule has 2 aliphatic carbocycles. The van der Waals surface area contributed by atoms with Gasteiger partial charge >= 0.3 is 0 Å². The zero-order chi connectivity index (χ0) is 38.2. The van der Waals surface area contributed by atoms with E-state index < -0.39 is 0 Å². The predicted molar refractivity (Wildman–Crippen MR) is 215 cm³/mol. The summed E-state index contributed by atoms with van der Waals surface area (Å²) in [6.45, 7) is 5.19. The molecule has 0 bridgehead atoms. The second kappa shape index (κ2) is 15.4. The molecule has 0 fully saturated rings. The van der Waals surface area contributed by atoms with Crippen LogP contribution >= 0.6 is 0 Å². The van der Waals surface area contributed by atoms with E-state index in [1.807, 2.05) is 60.7 Å². The van der Waals surface area contributed by atoms with Crippen LogP contribution in [0.4, 0.5) is 0 Å². The van der Waals surface area contributed by atoms with Gasteiger partial charge < -0.3 is 29.2 Å². The minimum atomic E-state index is -0.0574. The Bertz CT molecular complexity index is 2540. The number of aryl methyl sites for hydroxylation is 2. The van der Waals surface area contributed by atoms with Gasteiger partial charge in [-0.2, -0.15) is 0 Å². The summed E-state index contributed by atoms with van der Waals surface area (Å²) in [5.74, 6) is 1.45. The minimum absolute atomic E-state index is 0.00116. The van der Waals surface area contributed by atoms with Crippen LogP contribution in [0.25, 0.3) is 21.8 Å². The number of carbonyl (C=O) groups excluding carboxylic acids is 4. The van der Waals surface area contributed by atoms with Gasteiger partial charge in [0.2, 0.25) is 11.6 Å². The van der Waals surface area contributed by atoms with Crippen molar-refractivity contribution < 1.29 is 28.7 Å². The number of ketones is 4. The molecule has 0 spiro atoms. The first kappa shape index (κ1) is 35.8. The average molecular weight is 749 g/mol. The first-order chi connectivity index (χ1) is 27.5.